The van der Waals surface area contributed by atoms with Crippen molar-refractivity contribution in [1.29, 1.82) is 0 Å². The van der Waals surface area contributed by atoms with Crippen LogP contribution in [0.3, 0.4) is 0 Å². The van der Waals surface area contributed by atoms with Crippen molar-refractivity contribution in [2.45, 2.75) is 112 Å². The minimum Gasteiger partial charge on any atom is -0.480 e. The van der Waals surface area contributed by atoms with Crippen molar-refractivity contribution in [3.63, 3.8) is 0 Å². The maximum Gasteiger partial charge on any atom is 0.324 e. The smallest absolute Gasteiger partial charge is 0.324 e. The molecule has 2 amide bonds. The number of ether oxygens (including phenoxy) is 1. The number of carbonyl (C=O) groups excluding carboxylic acids is 1. The number of thioether (sulfide) groups is 1. The van der Waals surface area contributed by atoms with Gasteiger partial charge >= 0.3 is 12.0 Å². The van der Waals surface area contributed by atoms with Crippen LogP contribution in [0.4, 0.5) is 9.93 Å². The summed E-state index contributed by atoms with van der Waals surface area (Å²) in [6.45, 7) is 6.28. The summed E-state index contributed by atoms with van der Waals surface area (Å²) >= 11 is 2.59. The number of aliphatic carboxylic acids is 1. The van der Waals surface area contributed by atoms with Crippen LogP contribution in [0.1, 0.15) is 85.0 Å². The summed E-state index contributed by atoms with van der Waals surface area (Å²) < 4.78 is 5.79. The molecule has 2 saturated carbocycles. The Morgan fingerprint density at radius 3 is 2.47 bits per heavy atom. The molecule has 0 atom stereocenters. The maximum atomic E-state index is 13.4. The normalized spacial score (nSPS) is 22.5. The van der Waals surface area contributed by atoms with Crippen LogP contribution >= 0.6 is 23.1 Å². The molecule has 7 nitrogen and oxygen atoms in total. The SMILES string of the molecule is CCCO[C@H]1CC[C@H](N(C(=O)Nc2ncc(SC(C)(C)C(=O)O)s2)C2CCCCC2)CC1. The molecule has 0 aromatic carbocycles. The lowest BCUT2D eigenvalue weighted by Gasteiger charge is -2.42. The lowest BCUT2D eigenvalue weighted by atomic mass is 9.88. The molecule has 3 rings (SSSR count). The number of aromatic nitrogens is 1. The Labute approximate surface area is 199 Å². The standard InChI is InChI=1S/C23H37N3O4S2/c1-4-14-30-18-12-10-17(11-13-18)26(16-8-6-5-7-9-16)22(29)25-21-24-15-19(31-21)32-23(2,3)20(27)28/h15-18H,4-14H2,1-3H3,(H,27,28)(H,24,25,29)/t17-,18-. The molecular formula is C23H37N3O4S2. The number of anilines is 1. The van der Waals surface area contributed by atoms with Crippen LogP contribution in [0, 0.1) is 0 Å². The van der Waals surface area contributed by atoms with Gasteiger partial charge in [-0.2, -0.15) is 0 Å². The fraction of sp³-hybridized carbons (Fsp3) is 0.783. The van der Waals surface area contributed by atoms with Gasteiger partial charge < -0.3 is 14.7 Å². The molecule has 0 unspecified atom stereocenters. The third-order valence-corrected chi connectivity index (χ3v) is 8.57. The molecule has 0 saturated heterocycles. The lowest BCUT2D eigenvalue weighted by Crippen LogP contribution is -2.51. The van der Waals surface area contributed by atoms with Gasteiger partial charge in [0.25, 0.3) is 0 Å². The van der Waals surface area contributed by atoms with Gasteiger partial charge in [0.1, 0.15) is 4.75 Å². The first-order valence-electron chi connectivity index (χ1n) is 11.9. The first-order chi connectivity index (χ1) is 15.3. The van der Waals surface area contributed by atoms with E-state index < -0.39 is 10.7 Å². The summed E-state index contributed by atoms with van der Waals surface area (Å²) in [6, 6.07) is 0.444. The topological polar surface area (TPSA) is 91.8 Å². The van der Waals surface area contributed by atoms with Gasteiger partial charge in [0.15, 0.2) is 5.13 Å². The Bertz CT molecular complexity index is 756. The van der Waals surface area contributed by atoms with Crippen molar-refractivity contribution in [3.8, 4) is 0 Å². The molecule has 1 aromatic rings. The highest BCUT2D eigenvalue weighted by Gasteiger charge is 2.35. The van der Waals surface area contributed by atoms with E-state index in [0.717, 1.165) is 55.8 Å². The predicted molar refractivity (Wildman–Crippen MR) is 130 cm³/mol. The summed E-state index contributed by atoms with van der Waals surface area (Å²) in [4.78, 5) is 31.3. The van der Waals surface area contributed by atoms with Crippen molar-refractivity contribution in [2.24, 2.45) is 0 Å². The number of nitrogens with zero attached hydrogens (tertiary/aromatic N) is 2. The monoisotopic (exact) mass is 483 g/mol. The quantitative estimate of drug-likeness (QED) is 0.418. The van der Waals surface area contributed by atoms with E-state index in [0.29, 0.717) is 11.2 Å². The summed E-state index contributed by atoms with van der Waals surface area (Å²) in [7, 11) is 0. The van der Waals surface area contributed by atoms with Gasteiger partial charge in [-0.1, -0.05) is 49.3 Å². The van der Waals surface area contributed by atoms with Crippen LogP contribution in [-0.2, 0) is 9.53 Å². The zero-order chi connectivity index (χ0) is 23.1. The number of rotatable bonds is 9. The Morgan fingerprint density at radius 2 is 1.84 bits per heavy atom. The van der Waals surface area contributed by atoms with E-state index in [-0.39, 0.29) is 18.1 Å². The molecule has 180 valence electrons. The Kier molecular flexibility index (Phi) is 9.25. The minimum atomic E-state index is -0.944. The van der Waals surface area contributed by atoms with E-state index in [1.54, 1.807) is 20.0 Å². The highest BCUT2D eigenvalue weighted by molar-refractivity contribution is 8.03. The number of carboxylic acid groups (broad SMARTS) is 1. The second-order valence-corrected chi connectivity index (χ2v) is 12.3. The van der Waals surface area contributed by atoms with Gasteiger partial charge in [-0.05, 0) is 58.8 Å². The van der Waals surface area contributed by atoms with Crippen molar-refractivity contribution in [1.82, 2.24) is 9.88 Å². The Balaban J connectivity index is 1.65. The van der Waals surface area contributed by atoms with Gasteiger partial charge in [0, 0.05) is 18.7 Å². The molecule has 1 aromatic heterocycles. The van der Waals surface area contributed by atoms with Crippen LogP contribution in [0.2, 0.25) is 0 Å². The molecule has 9 heteroatoms. The second-order valence-electron chi connectivity index (χ2n) is 9.33. The predicted octanol–water partition coefficient (Wildman–Crippen LogP) is 6.00. The van der Waals surface area contributed by atoms with E-state index in [1.165, 1.54) is 42.4 Å². The zero-order valence-corrected chi connectivity index (χ0v) is 21.1. The van der Waals surface area contributed by atoms with Gasteiger partial charge in [-0.25, -0.2) is 9.78 Å². The molecule has 0 bridgehead atoms. The van der Waals surface area contributed by atoms with Crippen molar-refractivity contribution in [2.75, 3.05) is 11.9 Å². The fourth-order valence-electron chi connectivity index (χ4n) is 4.58. The Hall–Kier alpha value is -1.32. The molecular weight excluding hydrogens is 446 g/mol. The van der Waals surface area contributed by atoms with E-state index in [4.69, 9.17) is 4.74 Å². The minimum absolute atomic E-state index is 0.0711. The highest BCUT2D eigenvalue weighted by atomic mass is 32.2. The average molecular weight is 484 g/mol. The third kappa shape index (κ3) is 6.84. The molecule has 32 heavy (non-hydrogen) atoms. The number of nitrogens with one attached hydrogen (secondary N) is 1. The van der Waals surface area contributed by atoms with Crippen LogP contribution in [-0.4, -0.2) is 56.5 Å². The van der Waals surface area contributed by atoms with Gasteiger partial charge in [-0.15, -0.1) is 0 Å². The maximum absolute atomic E-state index is 13.4. The molecule has 2 N–H and O–H groups in total. The van der Waals surface area contributed by atoms with Crippen molar-refractivity contribution in [3.05, 3.63) is 6.20 Å². The van der Waals surface area contributed by atoms with E-state index >= 15 is 0 Å². The number of carbonyl (C=O) groups is 2. The largest absolute Gasteiger partial charge is 0.480 e. The molecule has 0 radical (unpaired) electrons. The van der Waals surface area contributed by atoms with E-state index in [1.807, 2.05) is 0 Å². The summed E-state index contributed by atoms with van der Waals surface area (Å²) in [5, 5.41) is 12.9. The number of carboxylic acids is 1. The van der Waals surface area contributed by atoms with Crippen molar-refractivity contribution >= 4 is 40.2 Å². The third-order valence-electron chi connectivity index (χ3n) is 6.37. The summed E-state index contributed by atoms with van der Waals surface area (Å²) in [6.07, 6.45) is 12.7. The molecule has 2 aliphatic rings. The number of amides is 2. The number of hydrogen-bond donors (Lipinski definition) is 2. The lowest BCUT2D eigenvalue weighted by molar-refractivity contribution is -0.138. The van der Waals surface area contributed by atoms with Crippen molar-refractivity contribution < 1.29 is 19.4 Å². The summed E-state index contributed by atoms with van der Waals surface area (Å²) in [5.41, 5.74) is 0. The van der Waals surface area contributed by atoms with Gasteiger partial charge in [0.05, 0.1) is 16.5 Å². The molecule has 1 heterocycles. The Morgan fingerprint density at radius 1 is 1.19 bits per heavy atom. The summed E-state index contributed by atoms with van der Waals surface area (Å²) in [5.74, 6) is -0.872. The van der Waals surface area contributed by atoms with Crippen LogP contribution in [0.25, 0.3) is 0 Å². The number of thiazole rings is 1. The fourth-order valence-corrected chi connectivity index (χ4v) is 6.84. The van der Waals surface area contributed by atoms with Crippen LogP contribution in [0.5, 0.6) is 0 Å². The van der Waals surface area contributed by atoms with E-state index in [2.05, 4.69) is 22.1 Å². The number of hydrogen-bond acceptors (Lipinski definition) is 6. The van der Waals surface area contributed by atoms with Crippen LogP contribution < -0.4 is 5.32 Å². The second kappa shape index (κ2) is 11.7. The van der Waals surface area contributed by atoms with Gasteiger partial charge in [-0.3, -0.25) is 10.1 Å². The first-order valence-corrected chi connectivity index (χ1v) is 13.5. The molecule has 2 aliphatic carbocycles. The molecule has 0 spiro atoms. The highest BCUT2D eigenvalue weighted by Crippen LogP contribution is 2.38. The zero-order valence-electron chi connectivity index (χ0n) is 19.5. The number of urea groups is 1. The first kappa shape index (κ1) is 25.3. The van der Waals surface area contributed by atoms with E-state index in [9.17, 15) is 14.7 Å². The van der Waals surface area contributed by atoms with Gasteiger partial charge in [0.2, 0.25) is 0 Å². The molecule has 0 aliphatic heterocycles. The molecule has 2 fully saturated rings. The van der Waals surface area contributed by atoms with Crippen LogP contribution in [0.15, 0.2) is 10.4 Å². The average Bonchev–Trinajstić information content (AvgIpc) is 3.20.